The number of nitrogens with zero attached hydrogens (tertiary/aromatic N) is 3. The molecule has 0 amide bonds. The Kier molecular flexibility index (Phi) is 5.45. The van der Waals surface area contributed by atoms with Gasteiger partial charge in [0.1, 0.15) is 5.82 Å². The number of halogens is 1. The lowest BCUT2D eigenvalue weighted by atomic mass is 10.1. The molecule has 0 aliphatic carbocycles. The summed E-state index contributed by atoms with van der Waals surface area (Å²) in [5.74, 6) is 0.399. The van der Waals surface area contributed by atoms with Crippen LogP contribution in [0.5, 0.6) is 0 Å². The first-order valence-corrected chi connectivity index (χ1v) is 10.2. The number of hydrogen-bond donors (Lipinski definition) is 0. The van der Waals surface area contributed by atoms with Crippen molar-refractivity contribution in [2.45, 2.75) is 6.92 Å². The summed E-state index contributed by atoms with van der Waals surface area (Å²) in [6.07, 6.45) is 3.63. The summed E-state index contributed by atoms with van der Waals surface area (Å²) in [7, 11) is 0. The highest BCUT2D eigenvalue weighted by Gasteiger charge is 2.14. The van der Waals surface area contributed by atoms with Gasteiger partial charge in [-0.05, 0) is 65.4 Å². The molecule has 7 heteroatoms. The van der Waals surface area contributed by atoms with Crippen LogP contribution in [0, 0.1) is 20.6 Å². The summed E-state index contributed by atoms with van der Waals surface area (Å²) in [6.45, 7) is 2.01. The number of aryl methyl sites for hydroxylation is 1. The Labute approximate surface area is 185 Å². The van der Waals surface area contributed by atoms with Crippen LogP contribution in [0.4, 0.5) is 5.69 Å². The summed E-state index contributed by atoms with van der Waals surface area (Å²) in [4.78, 5) is 28.8. The molecular formula is C23H16IN3O3. The van der Waals surface area contributed by atoms with Crippen molar-refractivity contribution in [3.8, 4) is 5.69 Å². The molecule has 0 aliphatic heterocycles. The van der Waals surface area contributed by atoms with Crippen LogP contribution in [0.15, 0.2) is 71.5 Å². The Morgan fingerprint density at radius 1 is 1.03 bits per heavy atom. The Hall–Kier alpha value is -3.33. The van der Waals surface area contributed by atoms with Gasteiger partial charge in [-0.3, -0.25) is 19.5 Å². The third-order valence-electron chi connectivity index (χ3n) is 4.62. The standard InChI is InChI=1S/C23H16IN3O3/c1-15-4-2-5-16(12-15)8-11-22-25-21-10-9-17(24)13-20(21)23(28)26(22)18-6-3-7-19(14-18)27(29)30/h2-14H,1H3/b11-8+. The molecule has 0 unspecified atom stereocenters. The highest BCUT2D eigenvalue weighted by Crippen LogP contribution is 2.20. The van der Waals surface area contributed by atoms with E-state index in [0.29, 0.717) is 22.4 Å². The van der Waals surface area contributed by atoms with Crippen LogP contribution >= 0.6 is 22.6 Å². The Bertz CT molecular complexity index is 1380. The number of hydrogen-bond acceptors (Lipinski definition) is 4. The van der Waals surface area contributed by atoms with Crippen molar-refractivity contribution in [2.75, 3.05) is 0 Å². The van der Waals surface area contributed by atoms with E-state index in [0.717, 1.165) is 14.7 Å². The van der Waals surface area contributed by atoms with Crippen molar-refractivity contribution in [3.05, 3.63) is 108 Å². The predicted octanol–water partition coefficient (Wildman–Crippen LogP) is 5.38. The van der Waals surface area contributed by atoms with Gasteiger partial charge in [0.15, 0.2) is 0 Å². The van der Waals surface area contributed by atoms with Gasteiger partial charge in [0.05, 0.1) is 21.5 Å². The molecule has 4 aromatic rings. The maximum atomic E-state index is 13.4. The van der Waals surface area contributed by atoms with Gasteiger partial charge in [-0.25, -0.2) is 4.98 Å². The lowest BCUT2D eigenvalue weighted by Crippen LogP contribution is -2.22. The lowest BCUT2D eigenvalue weighted by molar-refractivity contribution is -0.384. The largest absolute Gasteiger partial charge is 0.271 e. The van der Waals surface area contributed by atoms with E-state index < -0.39 is 4.92 Å². The average molecular weight is 509 g/mol. The van der Waals surface area contributed by atoms with Crippen molar-refractivity contribution in [2.24, 2.45) is 0 Å². The number of benzene rings is 3. The summed E-state index contributed by atoms with van der Waals surface area (Å²) in [6, 6.07) is 19.4. The summed E-state index contributed by atoms with van der Waals surface area (Å²) < 4.78 is 2.32. The number of nitro benzene ring substituents is 1. The molecule has 0 bridgehead atoms. The molecule has 1 aromatic heterocycles. The molecule has 0 fully saturated rings. The number of rotatable bonds is 4. The molecule has 0 atom stereocenters. The van der Waals surface area contributed by atoms with Crippen LogP contribution in [0.2, 0.25) is 0 Å². The molecule has 0 saturated carbocycles. The van der Waals surface area contributed by atoms with Crippen molar-refractivity contribution < 1.29 is 4.92 Å². The highest BCUT2D eigenvalue weighted by atomic mass is 127. The van der Waals surface area contributed by atoms with Gasteiger partial charge in [-0.15, -0.1) is 0 Å². The quantitative estimate of drug-likeness (QED) is 0.210. The van der Waals surface area contributed by atoms with E-state index in [9.17, 15) is 14.9 Å². The Morgan fingerprint density at radius 3 is 2.60 bits per heavy atom. The fourth-order valence-electron chi connectivity index (χ4n) is 3.23. The normalized spacial score (nSPS) is 11.3. The molecule has 148 valence electrons. The SMILES string of the molecule is Cc1cccc(/C=C/c2nc3ccc(I)cc3c(=O)n2-c2cccc([N+](=O)[O-])c2)c1. The van der Waals surface area contributed by atoms with Gasteiger partial charge in [0.2, 0.25) is 0 Å². The zero-order valence-electron chi connectivity index (χ0n) is 15.9. The average Bonchev–Trinajstić information content (AvgIpc) is 2.73. The topological polar surface area (TPSA) is 78.0 Å². The summed E-state index contributed by atoms with van der Waals surface area (Å²) >= 11 is 2.14. The van der Waals surface area contributed by atoms with Crippen LogP contribution in [0.1, 0.15) is 17.0 Å². The minimum atomic E-state index is -0.478. The summed E-state index contributed by atoms with van der Waals surface area (Å²) in [5.41, 5.74) is 2.70. The Balaban J connectivity index is 1.97. The number of fused-ring (bicyclic) bond motifs is 1. The van der Waals surface area contributed by atoms with Gasteiger partial charge in [-0.2, -0.15) is 0 Å². The van der Waals surface area contributed by atoms with Gasteiger partial charge in [0.25, 0.3) is 11.2 Å². The van der Waals surface area contributed by atoms with E-state index in [4.69, 9.17) is 0 Å². The fourth-order valence-corrected chi connectivity index (χ4v) is 3.72. The summed E-state index contributed by atoms with van der Waals surface area (Å²) in [5, 5.41) is 11.7. The predicted molar refractivity (Wildman–Crippen MR) is 127 cm³/mol. The number of non-ortho nitro benzene ring substituents is 1. The molecule has 30 heavy (non-hydrogen) atoms. The van der Waals surface area contributed by atoms with Crippen molar-refractivity contribution >= 4 is 51.3 Å². The first-order valence-electron chi connectivity index (χ1n) is 9.14. The molecule has 1 heterocycles. The first kappa shape index (κ1) is 20.0. The molecule has 6 nitrogen and oxygen atoms in total. The van der Waals surface area contributed by atoms with Gasteiger partial charge in [-0.1, -0.05) is 42.0 Å². The Morgan fingerprint density at radius 2 is 1.83 bits per heavy atom. The minimum Gasteiger partial charge on any atom is -0.268 e. The second-order valence-electron chi connectivity index (χ2n) is 6.80. The van der Waals surface area contributed by atoms with E-state index in [1.807, 2.05) is 43.3 Å². The number of nitro groups is 1. The van der Waals surface area contributed by atoms with Crippen LogP contribution in [-0.2, 0) is 0 Å². The van der Waals surface area contributed by atoms with Gasteiger partial charge >= 0.3 is 0 Å². The maximum Gasteiger partial charge on any atom is 0.271 e. The molecule has 0 radical (unpaired) electrons. The molecule has 3 aromatic carbocycles. The van der Waals surface area contributed by atoms with Crippen LogP contribution < -0.4 is 5.56 Å². The second kappa shape index (κ2) is 8.19. The molecular weight excluding hydrogens is 493 g/mol. The van der Waals surface area contributed by atoms with Crippen molar-refractivity contribution in [1.82, 2.24) is 9.55 Å². The first-order chi connectivity index (χ1) is 14.4. The lowest BCUT2D eigenvalue weighted by Gasteiger charge is -2.11. The van der Waals surface area contributed by atoms with Gasteiger partial charge < -0.3 is 0 Å². The zero-order chi connectivity index (χ0) is 21.3. The minimum absolute atomic E-state index is 0.0873. The van der Waals surface area contributed by atoms with Crippen molar-refractivity contribution in [1.29, 1.82) is 0 Å². The molecule has 0 spiro atoms. The molecule has 0 saturated heterocycles. The third kappa shape index (κ3) is 4.02. The van der Waals surface area contributed by atoms with E-state index in [1.165, 1.54) is 16.7 Å². The second-order valence-corrected chi connectivity index (χ2v) is 8.04. The molecule has 0 aliphatic rings. The van der Waals surface area contributed by atoms with E-state index in [1.54, 1.807) is 30.3 Å². The monoisotopic (exact) mass is 509 g/mol. The van der Waals surface area contributed by atoms with E-state index >= 15 is 0 Å². The van der Waals surface area contributed by atoms with E-state index in [2.05, 4.69) is 27.6 Å². The zero-order valence-corrected chi connectivity index (χ0v) is 18.1. The highest BCUT2D eigenvalue weighted by molar-refractivity contribution is 14.1. The number of aromatic nitrogens is 2. The molecule has 0 N–H and O–H groups in total. The van der Waals surface area contributed by atoms with Crippen LogP contribution in [-0.4, -0.2) is 14.5 Å². The smallest absolute Gasteiger partial charge is 0.268 e. The molecule has 4 rings (SSSR count). The van der Waals surface area contributed by atoms with Crippen molar-refractivity contribution in [3.63, 3.8) is 0 Å². The van der Waals surface area contributed by atoms with E-state index in [-0.39, 0.29) is 11.2 Å². The third-order valence-corrected chi connectivity index (χ3v) is 5.29. The maximum absolute atomic E-state index is 13.4. The fraction of sp³-hybridized carbons (Fsp3) is 0.0435. The van der Waals surface area contributed by atoms with Gasteiger partial charge in [0, 0.05) is 15.7 Å². The van der Waals surface area contributed by atoms with Crippen LogP contribution in [0.3, 0.4) is 0 Å². The van der Waals surface area contributed by atoms with Crippen LogP contribution in [0.25, 0.3) is 28.7 Å².